The number of carbonyl (C=O) groups is 3. The number of β-amino-alcohol motifs (C(OH)–C–C–N with tert-alkyl or cyclic N) is 1. The molecule has 11 nitrogen and oxygen atoms in total. The van der Waals surface area contributed by atoms with E-state index in [9.17, 15) is 29.7 Å². The van der Waals surface area contributed by atoms with Gasteiger partial charge in [0.25, 0.3) is 5.91 Å². The number of guanidine groups is 1. The van der Waals surface area contributed by atoms with Gasteiger partial charge in [-0.3, -0.25) is 19.4 Å². The number of anilines is 1. The Balaban J connectivity index is 1.62. The van der Waals surface area contributed by atoms with Gasteiger partial charge in [-0.1, -0.05) is 22.0 Å². The molecule has 0 bridgehead atoms. The number of nitrogens with zero attached hydrogens (tertiary/aromatic N) is 1. The van der Waals surface area contributed by atoms with Gasteiger partial charge in [0.15, 0.2) is 5.96 Å². The lowest BCUT2D eigenvalue weighted by molar-refractivity contribution is -0.137. The Morgan fingerprint density at radius 1 is 1.20 bits per heavy atom. The third-order valence-electron chi connectivity index (χ3n) is 4.91. The monoisotopic (exact) mass is 611 g/mol. The highest BCUT2D eigenvalue weighted by Crippen LogP contribution is 2.36. The topological polar surface area (TPSA) is 172 Å². The number of hydrogen-bond donors (Lipinski definition) is 7. The summed E-state index contributed by atoms with van der Waals surface area (Å²) in [6.45, 7) is 0.218. The molecule has 2 atom stereocenters. The minimum Gasteiger partial charge on any atom is -0.506 e. The van der Waals surface area contributed by atoms with Crippen LogP contribution in [0.1, 0.15) is 28.4 Å². The Hall–Kier alpha value is -3.16. The summed E-state index contributed by atoms with van der Waals surface area (Å²) in [5.74, 6) is -2.04. The van der Waals surface area contributed by atoms with Crippen LogP contribution in [-0.4, -0.2) is 64.8 Å². The molecule has 0 radical (unpaired) electrons. The number of carboxylic acids is 1. The molecule has 0 aromatic heterocycles. The first kappa shape index (κ1) is 26.4. The summed E-state index contributed by atoms with van der Waals surface area (Å²) in [7, 11) is 0. The van der Waals surface area contributed by atoms with Crippen molar-refractivity contribution in [2.75, 3.05) is 25.0 Å². The van der Waals surface area contributed by atoms with Crippen LogP contribution >= 0.6 is 31.9 Å². The summed E-state index contributed by atoms with van der Waals surface area (Å²) < 4.78 is 0.910. The van der Waals surface area contributed by atoms with Gasteiger partial charge < -0.3 is 36.6 Å². The molecule has 1 aliphatic rings. The van der Waals surface area contributed by atoms with Gasteiger partial charge in [-0.05, 0) is 46.3 Å². The van der Waals surface area contributed by atoms with Crippen molar-refractivity contribution in [3.63, 3.8) is 0 Å². The van der Waals surface area contributed by atoms with Crippen LogP contribution in [0, 0.1) is 0 Å². The second-order valence-corrected chi connectivity index (χ2v) is 9.43. The fourth-order valence-corrected chi connectivity index (χ4v) is 4.52. The average Bonchev–Trinajstić information content (AvgIpc) is 2.81. The number of aliphatic hydroxyl groups excluding tert-OH is 1. The number of aromatic hydroxyl groups is 1. The molecule has 0 saturated heterocycles. The number of halogens is 2. The Bertz CT molecular complexity index is 1160. The number of benzene rings is 2. The lowest BCUT2D eigenvalue weighted by Crippen LogP contribution is -2.42. The number of nitrogens with one attached hydrogen (secondary N) is 4. The molecule has 0 spiro atoms. The largest absolute Gasteiger partial charge is 0.506 e. The van der Waals surface area contributed by atoms with E-state index in [0.29, 0.717) is 27.1 Å². The van der Waals surface area contributed by atoms with Crippen LogP contribution in [-0.2, 0) is 9.59 Å². The summed E-state index contributed by atoms with van der Waals surface area (Å²) >= 11 is 6.47. The van der Waals surface area contributed by atoms with E-state index >= 15 is 0 Å². The van der Waals surface area contributed by atoms with E-state index in [2.05, 4.69) is 58.1 Å². The van der Waals surface area contributed by atoms with Crippen molar-refractivity contribution in [3.05, 3.63) is 56.5 Å². The van der Waals surface area contributed by atoms with Crippen LogP contribution in [0.4, 0.5) is 5.69 Å². The normalized spacial score (nSPS) is 15.9. The Morgan fingerprint density at radius 2 is 1.97 bits per heavy atom. The zero-order valence-corrected chi connectivity index (χ0v) is 21.4. The lowest BCUT2D eigenvalue weighted by Gasteiger charge is -2.20. The van der Waals surface area contributed by atoms with E-state index in [4.69, 9.17) is 0 Å². The van der Waals surface area contributed by atoms with Crippen molar-refractivity contribution in [1.82, 2.24) is 16.0 Å². The molecule has 186 valence electrons. The Morgan fingerprint density at radius 3 is 2.66 bits per heavy atom. The molecule has 1 heterocycles. The number of phenolic OH excluding ortho intramolecular Hbond substituents is 1. The third-order valence-corrected chi connectivity index (χ3v) is 5.97. The van der Waals surface area contributed by atoms with E-state index in [-0.39, 0.29) is 23.4 Å². The fraction of sp³-hybridized carbons (Fsp3) is 0.273. The summed E-state index contributed by atoms with van der Waals surface area (Å²) in [5.41, 5.74) is 1.08. The van der Waals surface area contributed by atoms with Gasteiger partial charge in [-0.2, -0.15) is 0 Å². The van der Waals surface area contributed by atoms with E-state index in [1.807, 2.05) is 0 Å². The van der Waals surface area contributed by atoms with Crippen molar-refractivity contribution >= 4 is 61.3 Å². The second-order valence-electron chi connectivity index (χ2n) is 7.66. The maximum Gasteiger partial charge on any atom is 0.305 e. The predicted molar refractivity (Wildman–Crippen MR) is 135 cm³/mol. The summed E-state index contributed by atoms with van der Waals surface area (Å²) in [5, 5.41) is 40.1. The highest BCUT2D eigenvalue weighted by molar-refractivity contribution is 9.11. The molecular formula is C22H23Br2N5O6. The van der Waals surface area contributed by atoms with Crippen molar-refractivity contribution in [3.8, 4) is 5.75 Å². The molecule has 3 rings (SSSR count). The predicted octanol–water partition coefficient (Wildman–Crippen LogP) is 1.71. The minimum absolute atomic E-state index is 0.195. The van der Waals surface area contributed by atoms with Gasteiger partial charge in [0.05, 0.1) is 36.1 Å². The van der Waals surface area contributed by atoms with E-state index in [1.54, 1.807) is 30.3 Å². The van der Waals surface area contributed by atoms with Gasteiger partial charge in [0, 0.05) is 27.8 Å². The number of rotatable bonds is 8. The molecule has 1 aliphatic heterocycles. The van der Waals surface area contributed by atoms with Gasteiger partial charge in [0.1, 0.15) is 5.75 Å². The minimum atomic E-state index is -1.18. The van der Waals surface area contributed by atoms with Crippen LogP contribution in [0.5, 0.6) is 5.75 Å². The molecule has 13 heteroatoms. The number of hydrogen-bond acceptors (Lipinski definition) is 8. The molecule has 0 aliphatic carbocycles. The summed E-state index contributed by atoms with van der Waals surface area (Å²) in [6.07, 6.45) is -1.02. The standard InChI is InChI=1S/C22H23Br2N5O6/c23-12-5-15(20(34)16(24)6-12)17(7-19(32)33)29-18(31)10-25-21(35)11-2-1-3-13(4-11)28-22-26-8-14(30)9-27-22/h1-6,14,17,30,34H,7-10H2,(H,25,35)(H,29,31)(H,32,33)(H2,26,27,28). The van der Waals surface area contributed by atoms with Crippen molar-refractivity contribution in [1.29, 1.82) is 0 Å². The number of aliphatic hydroxyl groups is 1. The Labute approximate surface area is 217 Å². The first-order valence-corrected chi connectivity index (χ1v) is 12.0. The molecule has 7 N–H and O–H groups in total. The number of phenols is 1. The smallest absolute Gasteiger partial charge is 0.305 e. The maximum absolute atomic E-state index is 12.6. The number of amides is 2. The number of carbonyl (C=O) groups excluding carboxylic acids is 2. The summed E-state index contributed by atoms with van der Waals surface area (Å²) in [4.78, 5) is 40.6. The maximum atomic E-state index is 12.6. The molecule has 0 saturated carbocycles. The highest BCUT2D eigenvalue weighted by Gasteiger charge is 2.23. The fourth-order valence-electron chi connectivity index (χ4n) is 3.26. The van der Waals surface area contributed by atoms with E-state index in [1.165, 1.54) is 6.07 Å². The zero-order chi connectivity index (χ0) is 25.5. The lowest BCUT2D eigenvalue weighted by atomic mass is 10.0. The van der Waals surface area contributed by atoms with Gasteiger partial charge in [0.2, 0.25) is 5.91 Å². The Kier molecular flexibility index (Phi) is 9.07. The number of aliphatic imine (C=N–C) groups is 1. The van der Waals surface area contributed by atoms with Crippen LogP contribution in [0.15, 0.2) is 50.3 Å². The first-order chi connectivity index (χ1) is 16.6. The average molecular weight is 613 g/mol. The molecule has 35 heavy (non-hydrogen) atoms. The highest BCUT2D eigenvalue weighted by atomic mass is 79.9. The second kappa shape index (κ2) is 12.0. The third kappa shape index (κ3) is 7.67. The molecule has 2 aromatic rings. The van der Waals surface area contributed by atoms with Gasteiger partial charge >= 0.3 is 5.97 Å². The number of carboxylic acid groups (broad SMARTS) is 1. The number of aliphatic carboxylic acids is 1. The summed E-state index contributed by atoms with van der Waals surface area (Å²) in [6, 6.07) is 8.61. The van der Waals surface area contributed by atoms with E-state index in [0.717, 1.165) is 0 Å². The molecular weight excluding hydrogens is 590 g/mol. The molecule has 0 fully saturated rings. The first-order valence-electron chi connectivity index (χ1n) is 10.4. The SMILES string of the molecule is O=C(O)CC(NC(=O)CNC(=O)c1cccc(NC2=NC[C@H](O)CN2)c1)c1cc(Br)cc(Br)c1O. The van der Waals surface area contributed by atoms with Crippen LogP contribution in [0.25, 0.3) is 0 Å². The molecule has 2 aromatic carbocycles. The van der Waals surface area contributed by atoms with Crippen LogP contribution in [0.2, 0.25) is 0 Å². The van der Waals surface area contributed by atoms with Crippen molar-refractivity contribution < 1.29 is 29.7 Å². The molecule has 2 amide bonds. The quantitative estimate of drug-likeness (QED) is 0.236. The van der Waals surface area contributed by atoms with E-state index < -0.39 is 42.9 Å². The molecule has 1 unspecified atom stereocenters. The van der Waals surface area contributed by atoms with Crippen molar-refractivity contribution in [2.24, 2.45) is 4.99 Å². The zero-order valence-electron chi connectivity index (χ0n) is 18.2. The van der Waals surface area contributed by atoms with Crippen molar-refractivity contribution in [2.45, 2.75) is 18.6 Å². The van der Waals surface area contributed by atoms with Crippen LogP contribution in [0.3, 0.4) is 0 Å². The van der Waals surface area contributed by atoms with Crippen LogP contribution < -0.4 is 21.3 Å². The van der Waals surface area contributed by atoms with Gasteiger partial charge in [-0.15, -0.1) is 0 Å². The van der Waals surface area contributed by atoms with Gasteiger partial charge in [-0.25, -0.2) is 0 Å².